The van der Waals surface area contributed by atoms with E-state index in [9.17, 15) is 9.59 Å². The number of amides is 2. The summed E-state index contributed by atoms with van der Waals surface area (Å²) in [5.74, 6) is 1.24. The molecule has 0 saturated heterocycles. The standard InChI is InChI=1S/C25H29N7O3/c1-30(2)24(33)11-16-6-8-18(9-7-16)31-15-17-12-19(21(35-3)13-20(17)29-31)25(34)28-23-14-26-22-5-4-10-27-32(22)23/h4-5,10,12-16,18H,6-9,11H2,1-3H3,(H,28,34). The molecule has 0 unspecified atom stereocenters. The highest BCUT2D eigenvalue weighted by molar-refractivity contribution is 6.08. The van der Waals surface area contributed by atoms with Crippen LogP contribution in [0.3, 0.4) is 0 Å². The average molecular weight is 476 g/mol. The summed E-state index contributed by atoms with van der Waals surface area (Å²) in [6.07, 6.45) is 9.78. The number of nitrogens with one attached hydrogen (secondary N) is 1. The van der Waals surface area contributed by atoms with Crippen molar-refractivity contribution in [3.63, 3.8) is 0 Å². The van der Waals surface area contributed by atoms with Crippen LogP contribution in [0, 0.1) is 5.92 Å². The van der Waals surface area contributed by atoms with E-state index in [4.69, 9.17) is 9.84 Å². The fourth-order valence-corrected chi connectivity index (χ4v) is 4.75. The van der Waals surface area contributed by atoms with E-state index in [0.717, 1.165) is 36.6 Å². The quantitative estimate of drug-likeness (QED) is 0.457. The molecule has 1 aliphatic carbocycles. The number of anilines is 1. The summed E-state index contributed by atoms with van der Waals surface area (Å²) >= 11 is 0. The number of methoxy groups -OCH3 is 1. The molecule has 0 spiro atoms. The lowest BCUT2D eigenvalue weighted by Crippen LogP contribution is -2.26. The fraction of sp³-hybridized carbons (Fsp3) is 0.400. The van der Waals surface area contributed by atoms with Crippen molar-refractivity contribution in [3.8, 4) is 5.75 Å². The fourth-order valence-electron chi connectivity index (χ4n) is 4.75. The SMILES string of the molecule is COc1cc2nn(C3CCC(CC(=O)N(C)C)CC3)cc2cc1C(=O)Nc1cnc2cccnn12. The number of hydrogen-bond acceptors (Lipinski definition) is 6. The molecule has 3 aromatic heterocycles. The molecule has 1 saturated carbocycles. The monoisotopic (exact) mass is 475 g/mol. The minimum absolute atomic E-state index is 0.191. The molecule has 5 rings (SSSR count). The van der Waals surface area contributed by atoms with Gasteiger partial charge < -0.3 is 15.0 Å². The van der Waals surface area contributed by atoms with Gasteiger partial charge in [-0.2, -0.15) is 14.7 Å². The van der Waals surface area contributed by atoms with Crippen LogP contribution in [0.5, 0.6) is 5.75 Å². The van der Waals surface area contributed by atoms with E-state index in [-0.39, 0.29) is 17.9 Å². The van der Waals surface area contributed by atoms with Crippen LogP contribution in [0.1, 0.15) is 48.5 Å². The second kappa shape index (κ2) is 9.36. The highest BCUT2D eigenvalue weighted by atomic mass is 16.5. The van der Waals surface area contributed by atoms with Crippen LogP contribution in [0.2, 0.25) is 0 Å². The van der Waals surface area contributed by atoms with Gasteiger partial charge in [-0.25, -0.2) is 4.98 Å². The normalized spacial score (nSPS) is 18.0. The Morgan fingerprint density at radius 3 is 2.74 bits per heavy atom. The van der Waals surface area contributed by atoms with E-state index < -0.39 is 0 Å². The molecule has 0 aliphatic heterocycles. The first-order valence-corrected chi connectivity index (χ1v) is 11.8. The average Bonchev–Trinajstić information content (AvgIpc) is 3.47. The highest BCUT2D eigenvalue weighted by Crippen LogP contribution is 2.35. The van der Waals surface area contributed by atoms with Gasteiger partial charge in [0, 0.05) is 44.4 Å². The highest BCUT2D eigenvalue weighted by Gasteiger charge is 2.26. The summed E-state index contributed by atoms with van der Waals surface area (Å²) in [7, 11) is 5.16. The Balaban J connectivity index is 1.34. The summed E-state index contributed by atoms with van der Waals surface area (Å²) in [4.78, 5) is 31.1. The van der Waals surface area contributed by atoms with Crippen LogP contribution < -0.4 is 10.1 Å². The Kier molecular flexibility index (Phi) is 6.10. The van der Waals surface area contributed by atoms with Crippen LogP contribution in [0.15, 0.2) is 42.9 Å². The summed E-state index contributed by atoms with van der Waals surface area (Å²) in [5.41, 5.74) is 1.84. The van der Waals surface area contributed by atoms with Gasteiger partial charge in [-0.05, 0) is 49.8 Å². The zero-order valence-corrected chi connectivity index (χ0v) is 20.1. The number of carbonyl (C=O) groups excluding carboxylic acids is 2. The lowest BCUT2D eigenvalue weighted by Gasteiger charge is -2.29. The second-order valence-corrected chi connectivity index (χ2v) is 9.28. The molecule has 4 aromatic rings. The van der Waals surface area contributed by atoms with E-state index in [1.165, 1.54) is 0 Å². The number of rotatable bonds is 6. The first-order valence-electron chi connectivity index (χ1n) is 11.8. The minimum Gasteiger partial charge on any atom is -0.496 e. The number of hydrogen-bond donors (Lipinski definition) is 1. The maximum absolute atomic E-state index is 13.1. The number of carbonyl (C=O) groups is 2. The van der Waals surface area contributed by atoms with Gasteiger partial charge in [0.15, 0.2) is 11.5 Å². The maximum Gasteiger partial charge on any atom is 0.260 e. The number of fused-ring (bicyclic) bond motifs is 2. The molecular formula is C25H29N7O3. The van der Waals surface area contributed by atoms with Gasteiger partial charge in [0.1, 0.15) is 5.75 Å². The van der Waals surface area contributed by atoms with Gasteiger partial charge in [0.05, 0.1) is 30.4 Å². The third-order valence-corrected chi connectivity index (χ3v) is 6.76. The van der Waals surface area contributed by atoms with E-state index in [1.54, 1.807) is 55.1 Å². The molecule has 2 amide bonds. The van der Waals surface area contributed by atoms with E-state index in [2.05, 4.69) is 15.4 Å². The molecule has 1 fully saturated rings. The lowest BCUT2D eigenvalue weighted by atomic mass is 9.84. The first-order chi connectivity index (χ1) is 16.9. The molecule has 0 radical (unpaired) electrons. The Morgan fingerprint density at radius 1 is 1.20 bits per heavy atom. The maximum atomic E-state index is 13.1. The molecular weight excluding hydrogens is 446 g/mol. The smallest absolute Gasteiger partial charge is 0.260 e. The molecule has 1 N–H and O–H groups in total. The van der Waals surface area contributed by atoms with Gasteiger partial charge in [-0.1, -0.05) is 0 Å². The predicted octanol–water partition coefficient (Wildman–Crippen LogP) is 3.55. The van der Waals surface area contributed by atoms with Gasteiger partial charge in [0.25, 0.3) is 5.91 Å². The van der Waals surface area contributed by atoms with Crippen molar-refractivity contribution in [1.82, 2.24) is 29.3 Å². The van der Waals surface area contributed by atoms with Crippen molar-refractivity contribution in [2.75, 3.05) is 26.5 Å². The molecule has 3 heterocycles. The number of imidazole rings is 1. The van der Waals surface area contributed by atoms with Crippen LogP contribution in [0.25, 0.3) is 16.6 Å². The zero-order chi connectivity index (χ0) is 24.5. The van der Waals surface area contributed by atoms with Crippen LogP contribution in [-0.2, 0) is 4.79 Å². The van der Waals surface area contributed by atoms with Crippen LogP contribution >= 0.6 is 0 Å². The molecule has 182 valence electrons. The summed E-state index contributed by atoms with van der Waals surface area (Å²) in [5, 5.41) is 12.8. The summed E-state index contributed by atoms with van der Waals surface area (Å²) in [6, 6.07) is 7.50. The Morgan fingerprint density at radius 2 is 2.00 bits per heavy atom. The Labute approximate surface area is 202 Å². The Bertz CT molecular complexity index is 1380. The van der Waals surface area contributed by atoms with E-state index >= 15 is 0 Å². The van der Waals surface area contributed by atoms with Crippen molar-refractivity contribution in [2.24, 2.45) is 5.92 Å². The van der Waals surface area contributed by atoms with Crippen molar-refractivity contribution in [2.45, 2.75) is 38.1 Å². The molecule has 1 aromatic carbocycles. The largest absolute Gasteiger partial charge is 0.496 e. The third kappa shape index (κ3) is 4.55. The van der Waals surface area contributed by atoms with Crippen molar-refractivity contribution < 1.29 is 14.3 Å². The zero-order valence-electron chi connectivity index (χ0n) is 20.1. The van der Waals surface area contributed by atoms with Gasteiger partial charge in [-0.15, -0.1) is 0 Å². The molecule has 0 bridgehead atoms. The van der Waals surface area contributed by atoms with Crippen LogP contribution in [0.4, 0.5) is 5.82 Å². The van der Waals surface area contributed by atoms with Crippen molar-refractivity contribution >= 4 is 34.2 Å². The number of benzene rings is 1. The topological polar surface area (TPSA) is 107 Å². The number of nitrogens with zero attached hydrogens (tertiary/aromatic N) is 6. The van der Waals surface area contributed by atoms with Gasteiger partial charge in [0.2, 0.25) is 5.91 Å². The molecule has 35 heavy (non-hydrogen) atoms. The van der Waals surface area contributed by atoms with E-state index in [0.29, 0.717) is 35.1 Å². The summed E-state index contributed by atoms with van der Waals surface area (Å²) in [6.45, 7) is 0. The molecule has 0 atom stereocenters. The number of aromatic nitrogens is 5. The third-order valence-electron chi connectivity index (χ3n) is 6.76. The summed E-state index contributed by atoms with van der Waals surface area (Å²) < 4.78 is 9.10. The predicted molar refractivity (Wildman–Crippen MR) is 132 cm³/mol. The van der Waals surface area contributed by atoms with Crippen LogP contribution in [-0.4, -0.2) is 62.3 Å². The minimum atomic E-state index is -0.310. The second-order valence-electron chi connectivity index (χ2n) is 9.28. The molecule has 1 aliphatic rings. The Hall–Kier alpha value is -3.95. The van der Waals surface area contributed by atoms with Crippen molar-refractivity contribution in [1.29, 1.82) is 0 Å². The molecule has 10 nitrogen and oxygen atoms in total. The van der Waals surface area contributed by atoms with Gasteiger partial charge >= 0.3 is 0 Å². The first kappa shape index (κ1) is 22.8. The van der Waals surface area contributed by atoms with Crippen molar-refractivity contribution in [3.05, 3.63) is 48.4 Å². The van der Waals surface area contributed by atoms with Gasteiger partial charge in [-0.3, -0.25) is 14.3 Å². The lowest BCUT2D eigenvalue weighted by molar-refractivity contribution is -0.130. The molecule has 10 heteroatoms. The van der Waals surface area contributed by atoms with E-state index in [1.807, 2.05) is 23.0 Å². The number of ether oxygens (including phenoxy) is 1.